The maximum atomic E-state index is 4.81. The van der Waals surface area contributed by atoms with Gasteiger partial charge >= 0.3 is 0 Å². The molecule has 3 aromatic rings. The van der Waals surface area contributed by atoms with Crippen LogP contribution in [-0.4, -0.2) is 27.1 Å². The standard InChI is InChI=1S/C20H22N4S/c1-13-7-6-8-15(14(13)2)19-17-18(16-9-4-5-10-21-16)23-24(3)20(17)22-11-12-25-19/h4-10,19,22H,11-12H2,1-3H3. The summed E-state index contributed by atoms with van der Waals surface area (Å²) in [6.45, 7) is 5.35. The van der Waals surface area contributed by atoms with Crippen molar-refractivity contribution in [3.63, 3.8) is 0 Å². The summed E-state index contributed by atoms with van der Waals surface area (Å²) in [4.78, 5) is 4.56. The van der Waals surface area contributed by atoms with Gasteiger partial charge in [-0.3, -0.25) is 9.67 Å². The molecule has 1 N–H and O–H groups in total. The summed E-state index contributed by atoms with van der Waals surface area (Å²) in [7, 11) is 2.01. The van der Waals surface area contributed by atoms with Gasteiger partial charge in [-0.25, -0.2) is 0 Å². The molecule has 1 unspecified atom stereocenters. The number of fused-ring (bicyclic) bond motifs is 1. The molecule has 2 aromatic heterocycles. The van der Waals surface area contributed by atoms with Crippen molar-refractivity contribution >= 4 is 17.6 Å². The van der Waals surface area contributed by atoms with Crippen LogP contribution < -0.4 is 5.32 Å². The molecule has 0 saturated heterocycles. The van der Waals surface area contributed by atoms with Crippen LogP contribution in [0, 0.1) is 13.8 Å². The molecule has 128 valence electrons. The van der Waals surface area contributed by atoms with Crippen LogP contribution in [-0.2, 0) is 7.05 Å². The first kappa shape index (κ1) is 16.2. The van der Waals surface area contributed by atoms with Crippen LogP contribution >= 0.6 is 11.8 Å². The van der Waals surface area contributed by atoms with Crippen molar-refractivity contribution < 1.29 is 0 Å². The summed E-state index contributed by atoms with van der Waals surface area (Å²) in [5.74, 6) is 2.17. The van der Waals surface area contributed by atoms with Crippen LogP contribution in [0.2, 0.25) is 0 Å². The van der Waals surface area contributed by atoms with Gasteiger partial charge < -0.3 is 5.32 Å². The molecule has 0 radical (unpaired) electrons. The van der Waals surface area contributed by atoms with E-state index >= 15 is 0 Å². The quantitative estimate of drug-likeness (QED) is 0.746. The highest BCUT2D eigenvalue weighted by Gasteiger charge is 2.30. The molecule has 1 aliphatic rings. The monoisotopic (exact) mass is 350 g/mol. The Morgan fingerprint density at radius 1 is 1.16 bits per heavy atom. The molecule has 3 heterocycles. The number of anilines is 1. The van der Waals surface area contributed by atoms with Crippen molar-refractivity contribution in [3.8, 4) is 11.4 Å². The average Bonchev–Trinajstić information content (AvgIpc) is 2.81. The SMILES string of the molecule is Cc1cccc(C2SCCNc3c2c(-c2ccccn2)nn3C)c1C. The van der Waals surface area contributed by atoms with Crippen molar-refractivity contribution in [3.05, 3.63) is 64.8 Å². The fourth-order valence-electron chi connectivity index (χ4n) is 3.42. The van der Waals surface area contributed by atoms with Gasteiger partial charge in [0, 0.05) is 31.1 Å². The molecule has 0 spiro atoms. The highest BCUT2D eigenvalue weighted by molar-refractivity contribution is 7.99. The van der Waals surface area contributed by atoms with Gasteiger partial charge in [0.15, 0.2) is 0 Å². The maximum absolute atomic E-state index is 4.81. The summed E-state index contributed by atoms with van der Waals surface area (Å²) < 4.78 is 1.96. The number of pyridine rings is 1. The van der Waals surface area contributed by atoms with Crippen LogP contribution in [0.25, 0.3) is 11.4 Å². The fraction of sp³-hybridized carbons (Fsp3) is 0.300. The molecule has 0 fully saturated rings. The van der Waals surface area contributed by atoms with Crippen molar-refractivity contribution in [1.29, 1.82) is 0 Å². The topological polar surface area (TPSA) is 42.7 Å². The number of hydrogen-bond acceptors (Lipinski definition) is 4. The van der Waals surface area contributed by atoms with Crippen molar-refractivity contribution in [2.75, 3.05) is 17.6 Å². The molecule has 0 saturated carbocycles. The Balaban J connectivity index is 1.94. The highest BCUT2D eigenvalue weighted by Crippen LogP contribution is 2.46. The molecule has 0 amide bonds. The number of nitrogens with one attached hydrogen (secondary N) is 1. The molecule has 4 rings (SSSR count). The van der Waals surface area contributed by atoms with Gasteiger partial charge in [-0.2, -0.15) is 5.10 Å². The summed E-state index contributed by atoms with van der Waals surface area (Å²) in [6, 6.07) is 12.6. The van der Waals surface area contributed by atoms with Crippen molar-refractivity contribution in [1.82, 2.24) is 14.8 Å². The van der Waals surface area contributed by atoms with Gasteiger partial charge in [0.1, 0.15) is 11.5 Å². The number of aryl methyl sites for hydroxylation is 2. The smallest absolute Gasteiger partial charge is 0.129 e. The fourth-order valence-corrected chi connectivity index (χ4v) is 4.70. The minimum Gasteiger partial charge on any atom is -0.369 e. The van der Waals surface area contributed by atoms with Crippen LogP contribution in [0.5, 0.6) is 0 Å². The second-order valence-electron chi connectivity index (χ2n) is 6.42. The Labute approximate surface area is 152 Å². The zero-order valence-corrected chi connectivity index (χ0v) is 15.6. The molecule has 0 aliphatic carbocycles. The van der Waals surface area contributed by atoms with Gasteiger partial charge in [0.25, 0.3) is 0 Å². The molecular weight excluding hydrogens is 328 g/mol. The molecular formula is C20H22N4S. The number of thioether (sulfide) groups is 1. The second-order valence-corrected chi connectivity index (χ2v) is 7.63. The van der Waals surface area contributed by atoms with Crippen molar-refractivity contribution in [2.24, 2.45) is 7.05 Å². The highest BCUT2D eigenvalue weighted by atomic mass is 32.2. The summed E-state index contributed by atoms with van der Waals surface area (Å²) in [5.41, 5.74) is 7.23. The zero-order chi connectivity index (χ0) is 17.4. The van der Waals surface area contributed by atoms with Crippen molar-refractivity contribution in [2.45, 2.75) is 19.1 Å². The molecule has 1 aromatic carbocycles. The van der Waals surface area contributed by atoms with Crippen LogP contribution in [0.15, 0.2) is 42.6 Å². The Morgan fingerprint density at radius 2 is 2.04 bits per heavy atom. The van der Waals surface area contributed by atoms with Gasteiger partial charge in [0.2, 0.25) is 0 Å². The lowest BCUT2D eigenvalue weighted by atomic mass is 9.95. The van der Waals surface area contributed by atoms with E-state index in [2.05, 4.69) is 42.3 Å². The lowest BCUT2D eigenvalue weighted by Crippen LogP contribution is -2.06. The van der Waals surface area contributed by atoms with E-state index in [9.17, 15) is 0 Å². The van der Waals surface area contributed by atoms with E-state index in [4.69, 9.17) is 5.10 Å². The minimum atomic E-state index is 0.260. The summed E-state index contributed by atoms with van der Waals surface area (Å²) in [6.07, 6.45) is 1.83. The third-order valence-corrected chi connectivity index (χ3v) is 6.12. The van der Waals surface area contributed by atoms with Crippen LogP contribution in [0.1, 0.15) is 27.5 Å². The first-order chi connectivity index (χ1) is 12.2. The number of benzene rings is 1. The minimum absolute atomic E-state index is 0.260. The number of aromatic nitrogens is 3. The molecule has 0 bridgehead atoms. The molecule has 25 heavy (non-hydrogen) atoms. The third-order valence-electron chi connectivity index (χ3n) is 4.86. The third kappa shape index (κ3) is 2.82. The molecule has 1 atom stereocenters. The Bertz CT molecular complexity index is 902. The summed E-state index contributed by atoms with van der Waals surface area (Å²) >= 11 is 1.98. The van der Waals surface area contributed by atoms with E-state index in [-0.39, 0.29) is 5.25 Å². The lowest BCUT2D eigenvalue weighted by Gasteiger charge is -2.19. The van der Waals surface area contributed by atoms with E-state index in [1.165, 1.54) is 22.3 Å². The maximum Gasteiger partial charge on any atom is 0.129 e. The Hall–Kier alpha value is -2.27. The van der Waals surface area contributed by atoms with Gasteiger partial charge in [0.05, 0.1) is 10.9 Å². The normalized spacial score (nSPS) is 16.8. The number of rotatable bonds is 2. The number of hydrogen-bond donors (Lipinski definition) is 1. The molecule has 4 nitrogen and oxygen atoms in total. The van der Waals surface area contributed by atoms with Gasteiger partial charge in [-0.15, -0.1) is 11.8 Å². The van der Waals surface area contributed by atoms with E-state index < -0.39 is 0 Å². The second kappa shape index (κ2) is 6.56. The van der Waals surface area contributed by atoms with E-state index in [0.717, 1.165) is 29.5 Å². The average molecular weight is 350 g/mol. The van der Waals surface area contributed by atoms with Gasteiger partial charge in [-0.05, 0) is 42.7 Å². The molecule has 1 aliphatic heterocycles. The lowest BCUT2D eigenvalue weighted by molar-refractivity contribution is 0.773. The summed E-state index contributed by atoms with van der Waals surface area (Å²) in [5, 5.41) is 8.64. The predicted octanol–water partition coefficient (Wildman–Crippen LogP) is 4.35. The van der Waals surface area contributed by atoms with Gasteiger partial charge in [-0.1, -0.05) is 24.3 Å². The Kier molecular flexibility index (Phi) is 4.25. The first-order valence-corrected chi connectivity index (χ1v) is 9.61. The van der Waals surface area contributed by atoms with Crippen LogP contribution in [0.3, 0.4) is 0 Å². The number of nitrogens with zero attached hydrogens (tertiary/aromatic N) is 3. The first-order valence-electron chi connectivity index (χ1n) is 8.56. The van der Waals surface area contributed by atoms with E-state index in [0.29, 0.717) is 0 Å². The Morgan fingerprint density at radius 3 is 2.84 bits per heavy atom. The largest absolute Gasteiger partial charge is 0.369 e. The van der Waals surface area contributed by atoms with Crippen LogP contribution in [0.4, 0.5) is 5.82 Å². The van der Waals surface area contributed by atoms with E-state index in [1.54, 1.807) is 0 Å². The zero-order valence-electron chi connectivity index (χ0n) is 14.8. The predicted molar refractivity (Wildman–Crippen MR) is 105 cm³/mol. The molecule has 5 heteroatoms. The van der Waals surface area contributed by atoms with E-state index in [1.807, 2.05) is 47.9 Å².